The summed E-state index contributed by atoms with van der Waals surface area (Å²) in [5.41, 5.74) is 4.76. The van der Waals surface area contributed by atoms with E-state index in [1.165, 1.54) is 12.1 Å². The summed E-state index contributed by atoms with van der Waals surface area (Å²) in [5, 5.41) is 5.57. The molecule has 8 nitrogen and oxygen atoms in total. The van der Waals surface area contributed by atoms with Crippen molar-refractivity contribution in [2.75, 3.05) is 6.54 Å². The predicted octanol–water partition coefficient (Wildman–Crippen LogP) is 0.542. The van der Waals surface area contributed by atoms with Gasteiger partial charge in [-0.3, -0.25) is 25.3 Å². The molecule has 10 heteroatoms. The van der Waals surface area contributed by atoms with Crippen molar-refractivity contribution in [3.63, 3.8) is 0 Å². The van der Waals surface area contributed by atoms with Crippen LogP contribution in [0, 0.1) is 5.82 Å². The van der Waals surface area contributed by atoms with E-state index in [0.717, 1.165) is 10.5 Å². The van der Waals surface area contributed by atoms with E-state index < -0.39 is 17.5 Å². The van der Waals surface area contributed by atoms with Gasteiger partial charge in [0.15, 0.2) is 5.11 Å². The summed E-state index contributed by atoms with van der Waals surface area (Å²) in [7, 11) is 0. The lowest BCUT2D eigenvalue weighted by Gasteiger charge is -2.16. The Morgan fingerprint density at radius 2 is 1.88 bits per heavy atom. The van der Waals surface area contributed by atoms with Crippen LogP contribution in [0.1, 0.15) is 25.8 Å². The molecule has 1 aliphatic heterocycles. The molecule has 1 aromatic rings. The number of rotatable bonds is 5. The van der Waals surface area contributed by atoms with Crippen LogP contribution in [0.15, 0.2) is 24.3 Å². The summed E-state index contributed by atoms with van der Waals surface area (Å²) in [5.74, 6) is -1.13. The number of urea groups is 1. The van der Waals surface area contributed by atoms with Gasteiger partial charge in [0.1, 0.15) is 11.4 Å². The molecule has 1 heterocycles. The smallest absolute Gasteiger partial charge is 0.325 e. The SMILES string of the molecule is CC1(C)NC(=O)N(CCC(=O)NNC(=S)NCc2ccc(F)cc2)C1=O. The van der Waals surface area contributed by atoms with Gasteiger partial charge < -0.3 is 10.6 Å². The number of thiocarbonyl (C=S) groups is 1. The minimum Gasteiger partial charge on any atom is -0.357 e. The Kier molecular flexibility index (Phi) is 6.09. The van der Waals surface area contributed by atoms with Gasteiger partial charge in [0.05, 0.1) is 0 Å². The molecule has 0 atom stereocenters. The van der Waals surface area contributed by atoms with Crippen molar-refractivity contribution >= 4 is 35.2 Å². The van der Waals surface area contributed by atoms with Gasteiger partial charge in [-0.15, -0.1) is 0 Å². The number of imide groups is 1. The van der Waals surface area contributed by atoms with Crippen molar-refractivity contribution in [1.29, 1.82) is 0 Å². The Bertz CT molecular complexity index is 723. The molecule has 1 aromatic carbocycles. The Hall–Kier alpha value is -2.75. The fraction of sp³-hybridized carbons (Fsp3) is 0.375. The first kappa shape index (κ1) is 19.6. The molecular formula is C16H20FN5O3S. The van der Waals surface area contributed by atoms with Crippen molar-refractivity contribution in [1.82, 2.24) is 26.4 Å². The van der Waals surface area contributed by atoms with Crippen LogP contribution < -0.4 is 21.5 Å². The van der Waals surface area contributed by atoms with Gasteiger partial charge in [0.2, 0.25) is 5.91 Å². The number of hydrazine groups is 1. The monoisotopic (exact) mass is 381 g/mol. The van der Waals surface area contributed by atoms with Crippen molar-refractivity contribution in [2.24, 2.45) is 0 Å². The molecule has 0 aromatic heterocycles. The molecule has 0 bridgehead atoms. The highest BCUT2D eigenvalue weighted by atomic mass is 32.1. The van der Waals surface area contributed by atoms with Crippen LogP contribution in [0.2, 0.25) is 0 Å². The first-order chi connectivity index (χ1) is 12.2. The molecule has 0 aliphatic carbocycles. The molecule has 1 fully saturated rings. The quantitative estimate of drug-likeness (QED) is 0.337. The summed E-state index contributed by atoms with van der Waals surface area (Å²) in [6.45, 7) is 3.52. The lowest BCUT2D eigenvalue weighted by Crippen LogP contribution is -2.47. The molecule has 4 amide bonds. The van der Waals surface area contributed by atoms with E-state index in [9.17, 15) is 18.8 Å². The number of carbonyl (C=O) groups excluding carboxylic acids is 3. The van der Waals surface area contributed by atoms with Crippen LogP contribution in [0.4, 0.5) is 9.18 Å². The molecule has 0 unspecified atom stereocenters. The van der Waals surface area contributed by atoms with Gasteiger partial charge in [0, 0.05) is 19.5 Å². The van der Waals surface area contributed by atoms with Gasteiger partial charge in [-0.25, -0.2) is 9.18 Å². The Balaban J connectivity index is 1.68. The molecule has 1 aliphatic rings. The van der Waals surface area contributed by atoms with E-state index in [1.54, 1.807) is 26.0 Å². The summed E-state index contributed by atoms with van der Waals surface area (Å²) in [6.07, 6.45) is -0.0667. The second kappa shape index (κ2) is 8.09. The summed E-state index contributed by atoms with van der Waals surface area (Å²) >= 11 is 5.02. The molecule has 0 radical (unpaired) electrons. The van der Waals surface area contributed by atoms with Gasteiger partial charge in [-0.1, -0.05) is 12.1 Å². The van der Waals surface area contributed by atoms with Crippen molar-refractivity contribution < 1.29 is 18.8 Å². The first-order valence-corrected chi connectivity index (χ1v) is 8.31. The third-order valence-electron chi connectivity index (χ3n) is 3.69. The average Bonchev–Trinajstić information content (AvgIpc) is 2.78. The number of hydrogen-bond donors (Lipinski definition) is 4. The molecule has 0 spiro atoms. The zero-order valence-electron chi connectivity index (χ0n) is 14.4. The Morgan fingerprint density at radius 3 is 2.46 bits per heavy atom. The molecule has 1 saturated heterocycles. The predicted molar refractivity (Wildman–Crippen MR) is 96.1 cm³/mol. The van der Waals surface area contributed by atoms with Crippen LogP contribution in [0.5, 0.6) is 0 Å². The highest BCUT2D eigenvalue weighted by Crippen LogP contribution is 2.16. The van der Waals surface area contributed by atoms with E-state index in [0.29, 0.717) is 6.54 Å². The summed E-state index contributed by atoms with van der Waals surface area (Å²) in [4.78, 5) is 36.5. The van der Waals surface area contributed by atoms with E-state index in [-0.39, 0.29) is 29.8 Å². The second-order valence-corrected chi connectivity index (χ2v) is 6.65. The lowest BCUT2D eigenvalue weighted by atomic mass is 10.1. The van der Waals surface area contributed by atoms with Crippen molar-refractivity contribution in [3.8, 4) is 0 Å². The fourth-order valence-corrected chi connectivity index (χ4v) is 2.38. The topological polar surface area (TPSA) is 103 Å². The molecule has 2 rings (SSSR count). The highest BCUT2D eigenvalue weighted by Gasteiger charge is 2.43. The molecule has 0 saturated carbocycles. The van der Waals surface area contributed by atoms with E-state index in [2.05, 4.69) is 21.5 Å². The third-order valence-corrected chi connectivity index (χ3v) is 3.94. The average molecular weight is 381 g/mol. The highest BCUT2D eigenvalue weighted by molar-refractivity contribution is 7.80. The van der Waals surface area contributed by atoms with Crippen LogP contribution in [-0.4, -0.2) is 39.9 Å². The normalized spacial score (nSPS) is 15.4. The maximum atomic E-state index is 12.8. The standard InChI is InChI=1S/C16H20FN5O3S/c1-16(2)13(24)22(15(25)19-16)8-7-12(23)20-21-14(26)18-9-10-3-5-11(17)6-4-10/h3-6H,7-9H2,1-2H3,(H,19,25)(H,20,23)(H2,18,21,26). The van der Waals surface area contributed by atoms with Crippen LogP contribution >= 0.6 is 12.2 Å². The minimum absolute atomic E-state index is 0.0304. The summed E-state index contributed by atoms with van der Waals surface area (Å²) < 4.78 is 12.8. The van der Waals surface area contributed by atoms with Crippen molar-refractivity contribution in [3.05, 3.63) is 35.6 Å². The summed E-state index contributed by atoms with van der Waals surface area (Å²) in [6, 6.07) is 5.39. The number of carbonyl (C=O) groups is 3. The maximum Gasteiger partial charge on any atom is 0.325 e. The second-order valence-electron chi connectivity index (χ2n) is 6.24. The number of amides is 4. The van der Waals surface area contributed by atoms with Crippen LogP contribution in [-0.2, 0) is 16.1 Å². The van der Waals surface area contributed by atoms with E-state index in [1.807, 2.05) is 0 Å². The molecular weight excluding hydrogens is 361 g/mol. The molecule has 4 N–H and O–H groups in total. The third kappa shape index (κ3) is 5.12. The minimum atomic E-state index is -0.961. The van der Waals surface area contributed by atoms with Crippen LogP contribution in [0.3, 0.4) is 0 Å². The van der Waals surface area contributed by atoms with Gasteiger partial charge in [0.25, 0.3) is 5.91 Å². The largest absolute Gasteiger partial charge is 0.357 e. The van der Waals surface area contributed by atoms with Gasteiger partial charge in [-0.2, -0.15) is 0 Å². The first-order valence-electron chi connectivity index (χ1n) is 7.90. The number of nitrogens with one attached hydrogen (secondary N) is 4. The Morgan fingerprint density at radius 1 is 1.23 bits per heavy atom. The van der Waals surface area contributed by atoms with E-state index in [4.69, 9.17) is 12.2 Å². The van der Waals surface area contributed by atoms with Gasteiger partial charge in [-0.05, 0) is 43.8 Å². The van der Waals surface area contributed by atoms with Crippen LogP contribution in [0.25, 0.3) is 0 Å². The molecule has 26 heavy (non-hydrogen) atoms. The number of benzene rings is 1. The number of halogens is 1. The molecule has 140 valence electrons. The number of nitrogens with zero attached hydrogens (tertiary/aromatic N) is 1. The zero-order valence-corrected chi connectivity index (χ0v) is 15.2. The lowest BCUT2D eigenvalue weighted by molar-refractivity contribution is -0.130. The van der Waals surface area contributed by atoms with Gasteiger partial charge >= 0.3 is 6.03 Å². The fourth-order valence-electron chi connectivity index (χ4n) is 2.25. The van der Waals surface area contributed by atoms with E-state index >= 15 is 0 Å². The maximum absolute atomic E-state index is 12.8. The Labute approximate surface area is 155 Å². The zero-order chi connectivity index (χ0) is 19.3. The van der Waals surface area contributed by atoms with Crippen molar-refractivity contribution in [2.45, 2.75) is 32.4 Å². The number of hydrogen-bond acceptors (Lipinski definition) is 4.